The van der Waals surface area contributed by atoms with Crippen LogP contribution >= 0.6 is 11.6 Å². The molecule has 0 saturated heterocycles. The van der Waals surface area contributed by atoms with Gasteiger partial charge in [0.15, 0.2) is 0 Å². The predicted molar refractivity (Wildman–Crippen MR) is 153 cm³/mol. The first-order valence-electron chi connectivity index (χ1n) is 12.7. The van der Waals surface area contributed by atoms with Gasteiger partial charge in [0.2, 0.25) is 11.8 Å². The van der Waals surface area contributed by atoms with Crippen molar-refractivity contribution in [2.45, 2.75) is 44.2 Å². The molecule has 0 bridgehead atoms. The number of rotatable bonds is 13. The van der Waals surface area contributed by atoms with Crippen LogP contribution in [-0.2, 0) is 26.2 Å². The van der Waals surface area contributed by atoms with Crippen molar-refractivity contribution >= 4 is 39.1 Å². The highest BCUT2D eigenvalue weighted by Crippen LogP contribution is 2.35. The summed E-state index contributed by atoms with van der Waals surface area (Å²) in [6, 6.07) is 20.9. The quantitative estimate of drug-likeness (QED) is 0.315. The summed E-state index contributed by atoms with van der Waals surface area (Å²) >= 11 is 6.26. The molecule has 10 heteroatoms. The Morgan fingerprint density at radius 2 is 1.62 bits per heavy atom. The number of ether oxygens (including phenoxy) is 1. The van der Waals surface area contributed by atoms with E-state index in [0.29, 0.717) is 13.0 Å². The van der Waals surface area contributed by atoms with Crippen LogP contribution in [-0.4, -0.2) is 51.4 Å². The molecular weight excluding hydrogens is 538 g/mol. The second-order valence-corrected chi connectivity index (χ2v) is 11.2. The van der Waals surface area contributed by atoms with Gasteiger partial charge in [-0.15, -0.1) is 0 Å². The summed E-state index contributed by atoms with van der Waals surface area (Å²) in [5.74, 6) is -0.602. The van der Waals surface area contributed by atoms with Gasteiger partial charge in [-0.1, -0.05) is 74.0 Å². The van der Waals surface area contributed by atoms with Gasteiger partial charge in [0.25, 0.3) is 10.0 Å². The molecule has 0 heterocycles. The lowest BCUT2D eigenvalue weighted by Crippen LogP contribution is -2.52. The van der Waals surface area contributed by atoms with Crippen molar-refractivity contribution in [3.05, 3.63) is 89.4 Å². The van der Waals surface area contributed by atoms with Gasteiger partial charge >= 0.3 is 0 Å². The van der Waals surface area contributed by atoms with Gasteiger partial charge < -0.3 is 15.0 Å². The van der Waals surface area contributed by atoms with Crippen molar-refractivity contribution in [3.63, 3.8) is 0 Å². The van der Waals surface area contributed by atoms with Crippen molar-refractivity contribution in [1.29, 1.82) is 0 Å². The molecule has 0 spiro atoms. The minimum Gasteiger partial charge on any atom is -0.495 e. The fraction of sp³-hybridized carbons (Fsp3) is 0.310. The average molecular weight is 572 g/mol. The van der Waals surface area contributed by atoms with E-state index in [0.717, 1.165) is 16.3 Å². The van der Waals surface area contributed by atoms with Crippen LogP contribution in [0.1, 0.15) is 32.3 Å². The first-order chi connectivity index (χ1) is 18.7. The van der Waals surface area contributed by atoms with Crippen LogP contribution in [0, 0.1) is 0 Å². The SMILES string of the molecule is CCCNC(=O)[C@H](CC)N(Cc1ccccc1)C(=O)CN(c1cc(Cl)ccc1OC)S(=O)(=O)c1ccccc1. The van der Waals surface area contributed by atoms with Crippen LogP contribution in [0.4, 0.5) is 5.69 Å². The van der Waals surface area contributed by atoms with Gasteiger partial charge in [0.1, 0.15) is 18.3 Å². The van der Waals surface area contributed by atoms with Crippen molar-refractivity contribution in [3.8, 4) is 5.75 Å². The normalized spacial score (nSPS) is 11.9. The minimum atomic E-state index is -4.23. The molecular formula is C29H34ClN3O5S. The Kier molecular flexibility index (Phi) is 10.8. The molecule has 3 rings (SSSR count). The summed E-state index contributed by atoms with van der Waals surface area (Å²) in [5, 5.41) is 3.15. The van der Waals surface area contributed by atoms with Gasteiger partial charge in [0, 0.05) is 18.1 Å². The number of nitrogens with one attached hydrogen (secondary N) is 1. The van der Waals surface area contributed by atoms with Crippen molar-refractivity contribution in [2.75, 3.05) is 24.5 Å². The summed E-state index contributed by atoms with van der Waals surface area (Å²) in [6.07, 6.45) is 1.09. The Morgan fingerprint density at radius 1 is 0.974 bits per heavy atom. The molecule has 0 aromatic heterocycles. The minimum absolute atomic E-state index is 0.00201. The molecule has 1 atom stereocenters. The number of amides is 2. The Hall–Kier alpha value is -3.56. The fourth-order valence-corrected chi connectivity index (χ4v) is 5.76. The molecule has 0 fully saturated rings. The Bertz CT molecular complexity index is 1350. The largest absolute Gasteiger partial charge is 0.495 e. The average Bonchev–Trinajstić information content (AvgIpc) is 2.95. The summed E-state index contributed by atoms with van der Waals surface area (Å²) < 4.78 is 34.3. The predicted octanol–water partition coefficient (Wildman–Crippen LogP) is 4.88. The molecule has 1 N–H and O–H groups in total. The molecule has 3 aromatic rings. The third-order valence-electron chi connectivity index (χ3n) is 6.15. The van der Waals surface area contributed by atoms with E-state index in [1.807, 2.05) is 44.2 Å². The molecule has 208 valence electrons. The Morgan fingerprint density at radius 3 is 2.21 bits per heavy atom. The molecule has 0 unspecified atom stereocenters. The zero-order valence-corrected chi connectivity index (χ0v) is 23.9. The molecule has 3 aromatic carbocycles. The van der Waals surface area contributed by atoms with Crippen LogP contribution in [0.25, 0.3) is 0 Å². The maximum Gasteiger partial charge on any atom is 0.264 e. The maximum absolute atomic E-state index is 14.0. The number of hydrogen-bond donors (Lipinski definition) is 1. The monoisotopic (exact) mass is 571 g/mol. The van der Waals surface area contributed by atoms with Crippen LogP contribution in [0.5, 0.6) is 5.75 Å². The molecule has 2 amide bonds. The van der Waals surface area contributed by atoms with E-state index in [1.54, 1.807) is 30.3 Å². The highest BCUT2D eigenvalue weighted by Gasteiger charge is 2.34. The number of anilines is 1. The number of carbonyl (C=O) groups excluding carboxylic acids is 2. The molecule has 0 aliphatic rings. The number of carbonyl (C=O) groups is 2. The van der Waals surface area contributed by atoms with Crippen LogP contribution < -0.4 is 14.4 Å². The van der Waals surface area contributed by atoms with E-state index in [-0.39, 0.29) is 33.8 Å². The zero-order chi connectivity index (χ0) is 28.4. The van der Waals surface area contributed by atoms with Crippen LogP contribution in [0.15, 0.2) is 83.8 Å². The van der Waals surface area contributed by atoms with Crippen molar-refractivity contribution < 1.29 is 22.7 Å². The van der Waals surface area contributed by atoms with E-state index in [1.165, 1.54) is 30.2 Å². The molecule has 0 radical (unpaired) electrons. The zero-order valence-electron chi connectivity index (χ0n) is 22.3. The molecule has 0 saturated carbocycles. The summed E-state index contributed by atoms with van der Waals surface area (Å²) in [4.78, 5) is 28.6. The van der Waals surface area contributed by atoms with Gasteiger partial charge in [-0.2, -0.15) is 0 Å². The number of hydrogen-bond acceptors (Lipinski definition) is 5. The number of benzene rings is 3. The Labute approximate surface area is 235 Å². The first kappa shape index (κ1) is 30.0. The summed E-state index contributed by atoms with van der Waals surface area (Å²) in [7, 11) is -2.81. The lowest BCUT2D eigenvalue weighted by molar-refractivity contribution is -0.140. The summed E-state index contributed by atoms with van der Waals surface area (Å²) in [5.41, 5.74) is 0.927. The van der Waals surface area contributed by atoms with Gasteiger partial charge in [-0.3, -0.25) is 13.9 Å². The Balaban J connectivity index is 2.09. The number of sulfonamides is 1. The lowest BCUT2D eigenvalue weighted by Gasteiger charge is -2.33. The van der Waals surface area contributed by atoms with E-state index in [9.17, 15) is 18.0 Å². The van der Waals surface area contributed by atoms with E-state index >= 15 is 0 Å². The molecule has 0 aliphatic heterocycles. The van der Waals surface area contributed by atoms with Gasteiger partial charge in [0.05, 0.1) is 17.7 Å². The van der Waals surface area contributed by atoms with Gasteiger partial charge in [-0.25, -0.2) is 8.42 Å². The highest BCUT2D eigenvalue weighted by atomic mass is 35.5. The first-order valence-corrected chi connectivity index (χ1v) is 14.6. The number of halogens is 1. The topological polar surface area (TPSA) is 96.0 Å². The second kappa shape index (κ2) is 14.0. The third-order valence-corrected chi connectivity index (χ3v) is 8.16. The fourth-order valence-electron chi connectivity index (χ4n) is 4.16. The third kappa shape index (κ3) is 7.52. The van der Waals surface area contributed by atoms with E-state index in [4.69, 9.17) is 16.3 Å². The maximum atomic E-state index is 14.0. The molecule has 39 heavy (non-hydrogen) atoms. The molecule has 0 aliphatic carbocycles. The van der Waals surface area contributed by atoms with Crippen LogP contribution in [0.2, 0.25) is 5.02 Å². The summed E-state index contributed by atoms with van der Waals surface area (Å²) in [6.45, 7) is 3.79. The molecule has 8 nitrogen and oxygen atoms in total. The highest BCUT2D eigenvalue weighted by molar-refractivity contribution is 7.92. The van der Waals surface area contributed by atoms with Crippen molar-refractivity contribution in [2.24, 2.45) is 0 Å². The van der Waals surface area contributed by atoms with Gasteiger partial charge in [-0.05, 0) is 48.7 Å². The number of methoxy groups -OCH3 is 1. The smallest absolute Gasteiger partial charge is 0.264 e. The number of nitrogens with zero attached hydrogens (tertiary/aromatic N) is 2. The van der Waals surface area contributed by atoms with Crippen LogP contribution in [0.3, 0.4) is 0 Å². The van der Waals surface area contributed by atoms with E-state index < -0.39 is 28.5 Å². The lowest BCUT2D eigenvalue weighted by atomic mass is 10.1. The standard InChI is InChI=1S/C29H34ClN3O5S/c1-4-18-31-29(35)25(5-2)32(20-22-12-8-6-9-13-22)28(34)21-33(26-19-23(30)16-17-27(26)38-3)39(36,37)24-14-10-7-11-15-24/h6-17,19,25H,4-5,18,20-21H2,1-3H3,(H,31,35)/t25-/m0/s1. The van der Waals surface area contributed by atoms with E-state index in [2.05, 4.69) is 5.32 Å². The second-order valence-electron chi connectivity index (χ2n) is 8.86. The van der Waals surface area contributed by atoms with Crippen molar-refractivity contribution in [1.82, 2.24) is 10.2 Å².